The molecule has 0 aromatic carbocycles. The van der Waals surface area contributed by atoms with Gasteiger partial charge in [-0.15, -0.1) is 12.4 Å². The standard InChI is InChI=1S/C9H11ClN2O.ClH/c1-5-6-3-11-4-7(6)12(2)9(13)8(5)10;/h11H,3-4H2,1-2H3;1H. The van der Waals surface area contributed by atoms with Gasteiger partial charge < -0.3 is 9.88 Å². The molecule has 0 saturated heterocycles. The second-order valence-electron chi connectivity index (χ2n) is 3.33. The zero-order chi connectivity index (χ0) is 9.59. The lowest BCUT2D eigenvalue weighted by Crippen LogP contribution is -2.22. The zero-order valence-electron chi connectivity index (χ0n) is 8.06. The summed E-state index contributed by atoms with van der Waals surface area (Å²) in [6.07, 6.45) is 0. The molecule has 0 aliphatic carbocycles. The lowest BCUT2D eigenvalue weighted by atomic mass is 10.1. The van der Waals surface area contributed by atoms with Gasteiger partial charge in [0.2, 0.25) is 0 Å². The fourth-order valence-electron chi connectivity index (χ4n) is 1.75. The first-order chi connectivity index (χ1) is 6.13. The Labute approximate surface area is 93.5 Å². The van der Waals surface area contributed by atoms with E-state index in [-0.39, 0.29) is 18.0 Å². The molecule has 1 N–H and O–H groups in total. The van der Waals surface area contributed by atoms with Gasteiger partial charge in [-0.25, -0.2) is 0 Å². The second kappa shape index (κ2) is 3.93. The SMILES string of the molecule is Cc1c2c(n(C)c(=O)c1Cl)CNC2.Cl. The van der Waals surface area contributed by atoms with Crippen molar-refractivity contribution in [3.8, 4) is 0 Å². The number of hydrogen-bond acceptors (Lipinski definition) is 2. The van der Waals surface area contributed by atoms with Gasteiger partial charge in [-0.2, -0.15) is 0 Å². The molecule has 1 aromatic rings. The first-order valence-electron chi connectivity index (χ1n) is 4.20. The van der Waals surface area contributed by atoms with Gasteiger partial charge in [-0.3, -0.25) is 4.79 Å². The number of halogens is 2. The highest BCUT2D eigenvalue weighted by Gasteiger charge is 2.19. The number of hydrogen-bond donors (Lipinski definition) is 1. The summed E-state index contributed by atoms with van der Waals surface area (Å²) in [5, 5.41) is 3.56. The fraction of sp³-hybridized carbons (Fsp3) is 0.444. The monoisotopic (exact) mass is 234 g/mol. The van der Waals surface area contributed by atoms with Gasteiger partial charge in [-0.05, 0) is 18.1 Å². The van der Waals surface area contributed by atoms with Gasteiger partial charge >= 0.3 is 0 Å². The predicted octanol–water partition coefficient (Wildman–Crippen LogP) is 1.37. The van der Waals surface area contributed by atoms with Crippen molar-refractivity contribution in [2.45, 2.75) is 20.0 Å². The third kappa shape index (κ3) is 1.45. The number of aromatic nitrogens is 1. The zero-order valence-corrected chi connectivity index (χ0v) is 9.63. The molecule has 1 aliphatic rings. The second-order valence-corrected chi connectivity index (χ2v) is 3.71. The predicted molar refractivity (Wildman–Crippen MR) is 59.2 cm³/mol. The van der Waals surface area contributed by atoms with Crippen LogP contribution in [0.15, 0.2) is 4.79 Å². The average molecular weight is 235 g/mol. The third-order valence-electron chi connectivity index (χ3n) is 2.62. The molecule has 0 fully saturated rings. The molecule has 2 rings (SSSR count). The summed E-state index contributed by atoms with van der Waals surface area (Å²) in [4.78, 5) is 11.6. The van der Waals surface area contributed by atoms with E-state index in [1.54, 1.807) is 11.6 Å². The van der Waals surface area contributed by atoms with Crippen LogP contribution in [0.25, 0.3) is 0 Å². The van der Waals surface area contributed by atoms with Crippen molar-refractivity contribution in [2.24, 2.45) is 7.05 Å². The van der Waals surface area contributed by atoms with Crippen LogP contribution in [0.4, 0.5) is 0 Å². The van der Waals surface area contributed by atoms with Crippen molar-refractivity contribution in [2.75, 3.05) is 0 Å². The van der Waals surface area contributed by atoms with Crippen LogP contribution in [0.1, 0.15) is 16.8 Å². The highest BCUT2D eigenvalue weighted by molar-refractivity contribution is 6.31. The summed E-state index contributed by atoms with van der Waals surface area (Å²) in [7, 11) is 1.76. The van der Waals surface area contributed by atoms with Crippen LogP contribution in [0.3, 0.4) is 0 Å². The summed E-state index contributed by atoms with van der Waals surface area (Å²) >= 11 is 5.91. The van der Waals surface area contributed by atoms with Crippen LogP contribution < -0.4 is 10.9 Å². The van der Waals surface area contributed by atoms with Crippen LogP contribution in [-0.4, -0.2) is 4.57 Å². The largest absolute Gasteiger partial charge is 0.313 e. The van der Waals surface area contributed by atoms with Crippen molar-refractivity contribution < 1.29 is 0 Å². The first kappa shape index (κ1) is 11.6. The van der Waals surface area contributed by atoms with E-state index in [4.69, 9.17) is 11.6 Å². The first-order valence-corrected chi connectivity index (χ1v) is 4.58. The maximum atomic E-state index is 11.6. The number of rotatable bonds is 0. The smallest absolute Gasteiger partial charge is 0.269 e. The van der Waals surface area contributed by atoms with Gasteiger partial charge in [-0.1, -0.05) is 11.6 Å². The lowest BCUT2D eigenvalue weighted by Gasteiger charge is -2.09. The topological polar surface area (TPSA) is 34.0 Å². The number of nitrogens with zero attached hydrogens (tertiary/aromatic N) is 1. The maximum absolute atomic E-state index is 11.6. The van der Waals surface area contributed by atoms with Crippen molar-refractivity contribution in [3.63, 3.8) is 0 Å². The molecule has 1 aromatic heterocycles. The third-order valence-corrected chi connectivity index (χ3v) is 3.07. The Morgan fingerprint density at radius 2 is 2.07 bits per heavy atom. The number of pyridine rings is 1. The molecule has 2 heterocycles. The van der Waals surface area contributed by atoms with Crippen molar-refractivity contribution in [1.29, 1.82) is 0 Å². The Bertz CT molecular complexity index is 426. The minimum Gasteiger partial charge on any atom is -0.313 e. The normalized spacial score (nSPS) is 13.6. The molecule has 0 amide bonds. The van der Waals surface area contributed by atoms with Crippen molar-refractivity contribution >= 4 is 24.0 Å². The molecule has 0 saturated carbocycles. The molecule has 0 bridgehead atoms. The van der Waals surface area contributed by atoms with E-state index in [0.29, 0.717) is 5.02 Å². The number of nitrogens with one attached hydrogen (secondary N) is 1. The van der Waals surface area contributed by atoms with E-state index in [0.717, 1.165) is 24.3 Å². The molecule has 5 heteroatoms. The Hall–Kier alpha value is -0.510. The molecule has 0 atom stereocenters. The molecule has 3 nitrogen and oxygen atoms in total. The fourth-order valence-corrected chi connectivity index (χ4v) is 1.99. The Morgan fingerprint density at radius 1 is 1.43 bits per heavy atom. The van der Waals surface area contributed by atoms with E-state index in [9.17, 15) is 4.79 Å². The van der Waals surface area contributed by atoms with Gasteiger partial charge in [0.1, 0.15) is 5.02 Å². The Kier molecular flexibility index (Phi) is 3.24. The van der Waals surface area contributed by atoms with Crippen molar-refractivity contribution in [3.05, 3.63) is 32.2 Å². The molecule has 1 aliphatic heterocycles. The molecular formula is C9H12Cl2N2O. The van der Waals surface area contributed by atoms with E-state index in [1.165, 1.54) is 5.56 Å². The van der Waals surface area contributed by atoms with Gasteiger partial charge in [0.25, 0.3) is 5.56 Å². The summed E-state index contributed by atoms with van der Waals surface area (Å²) in [6, 6.07) is 0. The maximum Gasteiger partial charge on any atom is 0.269 e. The highest BCUT2D eigenvalue weighted by atomic mass is 35.5. The van der Waals surface area contributed by atoms with E-state index in [1.807, 2.05) is 6.92 Å². The Balaban J connectivity index is 0.000000980. The summed E-state index contributed by atoms with van der Waals surface area (Å²) in [5.74, 6) is 0. The molecular weight excluding hydrogens is 223 g/mol. The van der Waals surface area contributed by atoms with Crippen LogP contribution in [0.2, 0.25) is 5.02 Å². The summed E-state index contributed by atoms with van der Waals surface area (Å²) in [5.41, 5.74) is 3.06. The van der Waals surface area contributed by atoms with Gasteiger partial charge in [0, 0.05) is 25.8 Å². The van der Waals surface area contributed by atoms with E-state index in [2.05, 4.69) is 5.32 Å². The molecule has 0 spiro atoms. The van der Waals surface area contributed by atoms with Gasteiger partial charge in [0.05, 0.1) is 0 Å². The van der Waals surface area contributed by atoms with Crippen LogP contribution in [0, 0.1) is 6.92 Å². The van der Waals surface area contributed by atoms with E-state index >= 15 is 0 Å². The number of fused-ring (bicyclic) bond motifs is 1. The van der Waals surface area contributed by atoms with Crippen LogP contribution >= 0.6 is 24.0 Å². The minimum atomic E-state index is -0.0957. The Morgan fingerprint density at radius 3 is 2.71 bits per heavy atom. The summed E-state index contributed by atoms with van der Waals surface area (Å²) in [6.45, 7) is 3.48. The van der Waals surface area contributed by atoms with Crippen molar-refractivity contribution in [1.82, 2.24) is 9.88 Å². The molecule has 0 unspecified atom stereocenters. The highest BCUT2D eigenvalue weighted by Crippen LogP contribution is 2.22. The molecule has 78 valence electrons. The van der Waals surface area contributed by atoms with Crippen LogP contribution in [0.5, 0.6) is 0 Å². The summed E-state index contributed by atoms with van der Waals surface area (Å²) < 4.78 is 1.63. The minimum absolute atomic E-state index is 0. The van der Waals surface area contributed by atoms with Gasteiger partial charge in [0.15, 0.2) is 0 Å². The average Bonchev–Trinajstić information content (AvgIpc) is 2.59. The molecule has 0 radical (unpaired) electrons. The molecule has 14 heavy (non-hydrogen) atoms. The van der Waals surface area contributed by atoms with E-state index < -0.39 is 0 Å². The van der Waals surface area contributed by atoms with Crippen LogP contribution in [-0.2, 0) is 20.1 Å². The quantitative estimate of drug-likeness (QED) is 0.736. The lowest BCUT2D eigenvalue weighted by molar-refractivity contribution is 0.720.